The highest BCUT2D eigenvalue weighted by atomic mass is 16.6. The van der Waals surface area contributed by atoms with Crippen molar-refractivity contribution >= 4 is 0 Å². The lowest BCUT2D eigenvalue weighted by Gasteiger charge is -2.28. The predicted molar refractivity (Wildman–Crippen MR) is 73.9 cm³/mol. The van der Waals surface area contributed by atoms with Crippen LogP contribution in [0.4, 0.5) is 0 Å². The third kappa shape index (κ3) is 5.27. The van der Waals surface area contributed by atoms with Crippen LogP contribution in [0.3, 0.4) is 0 Å². The molecule has 4 atom stereocenters. The Labute approximate surface area is 121 Å². The largest absolute Gasteiger partial charge is 0.394 e. The zero-order valence-corrected chi connectivity index (χ0v) is 12.7. The van der Waals surface area contributed by atoms with E-state index in [0.717, 1.165) is 0 Å². The molecule has 0 aliphatic carbocycles. The second-order valence-electron chi connectivity index (χ2n) is 4.50. The SMILES string of the molecule is CCOCC(OCC)C1OCC(OCCO)[C@@H]1OCC. The van der Waals surface area contributed by atoms with Crippen LogP contribution in [-0.4, -0.2) is 75.8 Å². The number of aliphatic hydroxyl groups is 1. The third-order valence-corrected chi connectivity index (χ3v) is 3.16. The van der Waals surface area contributed by atoms with Crippen molar-refractivity contribution in [1.82, 2.24) is 0 Å². The minimum Gasteiger partial charge on any atom is -0.394 e. The summed E-state index contributed by atoms with van der Waals surface area (Å²) in [4.78, 5) is 0. The van der Waals surface area contributed by atoms with Crippen LogP contribution in [0.5, 0.6) is 0 Å². The average molecular weight is 292 g/mol. The summed E-state index contributed by atoms with van der Waals surface area (Å²) in [6.45, 7) is 8.86. The van der Waals surface area contributed by atoms with Gasteiger partial charge in [-0.2, -0.15) is 0 Å². The fourth-order valence-electron chi connectivity index (χ4n) is 2.35. The first-order valence-electron chi connectivity index (χ1n) is 7.43. The Balaban J connectivity index is 2.63. The van der Waals surface area contributed by atoms with E-state index >= 15 is 0 Å². The fourth-order valence-corrected chi connectivity index (χ4v) is 2.35. The van der Waals surface area contributed by atoms with E-state index in [4.69, 9.17) is 28.8 Å². The van der Waals surface area contributed by atoms with Gasteiger partial charge in [0.1, 0.15) is 24.4 Å². The Kier molecular flexibility index (Phi) is 9.33. The highest BCUT2D eigenvalue weighted by Gasteiger charge is 2.43. The van der Waals surface area contributed by atoms with Crippen LogP contribution < -0.4 is 0 Å². The molecule has 1 saturated heterocycles. The van der Waals surface area contributed by atoms with Gasteiger partial charge in [-0.3, -0.25) is 0 Å². The maximum absolute atomic E-state index is 8.87. The van der Waals surface area contributed by atoms with Crippen molar-refractivity contribution in [3.8, 4) is 0 Å². The summed E-state index contributed by atoms with van der Waals surface area (Å²) in [5, 5.41) is 8.87. The van der Waals surface area contributed by atoms with Gasteiger partial charge < -0.3 is 28.8 Å². The summed E-state index contributed by atoms with van der Waals surface area (Å²) in [7, 11) is 0. The second kappa shape index (κ2) is 10.5. The van der Waals surface area contributed by atoms with Gasteiger partial charge in [0.25, 0.3) is 0 Å². The van der Waals surface area contributed by atoms with Gasteiger partial charge in [-0.25, -0.2) is 0 Å². The lowest BCUT2D eigenvalue weighted by Crippen LogP contribution is -2.45. The minimum atomic E-state index is -0.204. The minimum absolute atomic E-state index is 0.00611. The van der Waals surface area contributed by atoms with Crippen LogP contribution in [0.2, 0.25) is 0 Å². The standard InChI is InChI=1S/C14H28O6/c1-4-16-9-11(17-5-2)14-13(18-6-3)12(10-20-14)19-8-7-15/h11-15H,4-10H2,1-3H3/t11?,12?,13-,14?/m0/s1. The van der Waals surface area contributed by atoms with Crippen LogP contribution in [0.1, 0.15) is 20.8 Å². The van der Waals surface area contributed by atoms with E-state index in [9.17, 15) is 0 Å². The summed E-state index contributed by atoms with van der Waals surface area (Å²) in [6, 6.07) is 0. The molecule has 0 spiro atoms. The molecule has 6 heteroatoms. The quantitative estimate of drug-likeness (QED) is 0.602. The molecule has 0 bridgehead atoms. The van der Waals surface area contributed by atoms with Gasteiger partial charge >= 0.3 is 0 Å². The average Bonchev–Trinajstić information content (AvgIpc) is 2.84. The van der Waals surface area contributed by atoms with Crippen molar-refractivity contribution in [2.24, 2.45) is 0 Å². The monoisotopic (exact) mass is 292 g/mol. The summed E-state index contributed by atoms with van der Waals surface area (Å²) in [5.41, 5.74) is 0. The van der Waals surface area contributed by atoms with E-state index in [1.54, 1.807) is 0 Å². The van der Waals surface area contributed by atoms with Gasteiger partial charge in [0, 0.05) is 19.8 Å². The van der Waals surface area contributed by atoms with E-state index in [1.165, 1.54) is 0 Å². The molecule has 0 aromatic heterocycles. The maximum atomic E-state index is 8.87. The normalized spacial score (nSPS) is 27.9. The molecule has 3 unspecified atom stereocenters. The second-order valence-corrected chi connectivity index (χ2v) is 4.50. The molecule has 1 N–H and O–H groups in total. The zero-order valence-electron chi connectivity index (χ0n) is 12.7. The Hall–Kier alpha value is -0.240. The molecular formula is C14H28O6. The lowest BCUT2D eigenvalue weighted by molar-refractivity contribution is -0.125. The fraction of sp³-hybridized carbons (Fsp3) is 1.00. The molecule has 0 aromatic rings. The van der Waals surface area contributed by atoms with E-state index < -0.39 is 0 Å². The summed E-state index contributed by atoms with van der Waals surface area (Å²) in [5.74, 6) is 0. The third-order valence-electron chi connectivity index (χ3n) is 3.16. The van der Waals surface area contributed by atoms with Crippen molar-refractivity contribution in [2.45, 2.75) is 45.2 Å². The van der Waals surface area contributed by atoms with Crippen LogP contribution in [0.25, 0.3) is 0 Å². The number of aliphatic hydroxyl groups excluding tert-OH is 1. The molecule has 1 heterocycles. The van der Waals surface area contributed by atoms with E-state index in [2.05, 4.69) is 0 Å². The number of rotatable bonds is 11. The molecule has 0 aromatic carbocycles. The topological polar surface area (TPSA) is 66.4 Å². The Morgan fingerprint density at radius 3 is 2.55 bits per heavy atom. The van der Waals surface area contributed by atoms with Crippen LogP contribution in [0, 0.1) is 0 Å². The molecule has 6 nitrogen and oxygen atoms in total. The first-order chi connectivity index (χ1) is 9.78. The maximum Gasteiger partial charge on any atom is 0.115 e. The highest BCUT2D eigenvalue weighted by Crippen LogP contribution is 2.25. The summed E-state index contributed by atoms with van der Waals surface area (Å²) >= 11 is 0. The predicted octanol–water partition coefficient (Wildman–Crippen LogP) is 0.609. The first kappa shape index (κ1) is 17.8. The molecule has 0 amide bonds. The summed E-state index contributed by atoms with van der Waals surface area (Å²) in [6.07, 6.45) is -0.732. The molecule has 0 radical (unpaired) electrons. The van der Waals surface area contributed by atoms with Crippen molar-refractivity contribution in [3.05, 3.63) is 0 Å². The molecule has 1 aliphatic rings. The zero-order chi connectivity index (χ0) is 14.8. The van der Waals surface area contributed by atoms with Crippen molar-refractivity contribution in [1.29, 1.82) is 0 Å². The van der Waals surface area contributed by atoms with Crippen LogP contribution in [-0.2, 0) is 23.7 Å². The molecule has 1 aliphatic heterocycles. The molecule has 0 saturated carbocycles. The first-order valence-corrected chi connectivity index (χ1v) is 7.43. The summed E-state index contributed by atoms with van der Waals surface area (Å²) < 4.78 is 28.3. The number of hydrogen-bond acceptors (Lipinski definition) is 6. The van der Waals surface area contributed by atoms with Gasteiger partial charge in [-0.15, -0.1) is 0 Å². The molecule has 120 valence electrons. The molecule has 1 rings (SSSR count). The molecule has 1 fully saturated rings. The van der Waals surface area contributed by atoms with Crippen LogP contribution >= 0.6 is 0 Å². The van der Waals surface area contributed by atoms with E-state index in [0.29, 0.717) is 33.0 Å². The van der Waals surface area contributed by atoms with Gasteiger partial charge in [0.15, 0.2) is 0 Å². The van der Waals surface area contributed by atoms with Crippen molar-refractivity contribution < 1.29 is 28.8 Å². The van der Waals surface area contributed by atoms with Crippen LogP contribution in [0.15, 0.2) is 0 Å². The Morgan fingerprint density at radius 1 is 1.15 bits per heavy atom. The van der Waals surface area contributed by atoms with E-state index in [-0.39, 0.29) is 37.6 Å². The van der Waals surface area contributed by atoms with Crippen molar-refractivity contribution in [3.63, 3.8) is 0 Å². The van der Waals surface area contributed by atoms with Gasteiger partial charge in [-0.05, 0) is 20.8 Å². The van der Waals surface area contributed by atoms with Gasteiger partial charge in [-0.1, -0.05) is 0 Å². The Bertz CT molecular complexity index is 238. The van der Waals surface area contributed by atoms with Crippen molar-refractivity contribution in [2.75, 3.05) is 46.2 Å². The van der Waals surface area contributed by atoms with Gasteiger partial charge in [0.05, 0.1) is 26.4 Å². The van der Waals surface area contributed by atoms with Gasteiger partial charge in [0.2, 0.25) is 0 Å². The smallest absolute Gasteiger partial charge is 0.115 e. The highest BCUT2D eigenvalue weighted by molar-refractivity contribution is 4.91. The number of ether oxygens (including phenoxy) is 5. The number of hydrogen-bond donors (Lipinski definition) is 1. The molecule has 20 heavy (non-hydrogen) atoms. The Morgan fingerprint density at radius 2 is 1.95 bits per heavy atom. The lowest BCUT2D eigenvalue weighted by atomic mass is 10.1. The molecular weight excluding hydrogens is 264 g/mol. The van der Waals surface area contributed by atoms with E-state index in [1.807, 2.05) is 20.8 Å².